The number of hydrogen-bond donors (Lipinski definition) is 1. The van der Waals surface area contributed by atoms with Crippen LogP contribution in [-0.2, 0) is 4.79 Å². The first kappa shape index (κ1) is 12.7. The monoisotopic (exact) mass is 239 g/mol. The molecule has 0 unspecified atom stereocenters. The fraction of sp³-hybridized carbons (Fsp3) is 0.333. The lowest BCUT2D eigenvalue weighted by Crippen LogP contribution is -2.33. The SMILES string of the molecule is CC(C)CNC(=O)C(=O)c1ccc(Cl)cc1. The Balaban J connectivity index is 2.64. The minimum absolute atomic E-state index is 0.321. The van der Waals surface area contributed by atoms with Crippen molar-refractivity contribution >= 4 is 23.3 Å². The summed E-state index contributed by atoms with van der Waals surface area (Å²) in [5.74, 6) is -0.782. The highest BCUT2D eigenvalue weighted by molar-refractivity contribution is 6.43. The standard InChI is InChI=1S/C12H14ClNO2/c1-8(2)7-14-12(16)11(15)9-3-5-10(13)6-4-9/h3-6,8H,7H2,1-2H3,(H,14,16). The topological polar surface area (TPSA) is 46.2 Å². The van der Waals surface area contributed by atoms with E-state index in [9.17, 15) is 9.59 Å². The summed E-state index contributed by atoms with van der Waals surface area (Å²) in [6.45, 7) is 4.43. The second kappa shape index (κ2) is 5.66. The van der Waals surface area contributed by atoms with Gasteiger partial charge >= 0.3 is 0 Å². The molecule has 0 saturated heterocycles. The van der Waals surface area contributed by atoms with Crippen LogP contribution in [0.25, 0.3) is 0 Å². The zero-order chi connectivity index (χ0) is 12.1. The van der Waals surface area contributed by atoms with Crippen LogP contribution in [0.5, 0.6) is 0 Å². The van der Waals surface area contributed by atoms with E-state index in [0.717, 1.165) is 0 Å². The molecule has 0 saturated carbocycles. The summed E-state index contributed by atoms with van der Waals surface area (Å²) in [6, 6.07) is 6.26. The summed E-state index contributed by atoms with van der Waals surface area (Å²) >= 11 is 5.69. The highest BCUT2D eigenvalue weighted by atomic mass is 35.5. The van der Waals surface area contributed by atoms with E-state index in [1.165, 1.54) is 0 Å². The number of nitrogens with one attached hydrogen (secondary N) is 1. The second-order valence-electron chi connectivity index (χ2n) is 3.94. The van der Waals surface area contributed by atoms with Crippen LogP contribution in [0.15, 0.2) is 24.3 Å². The molecule has 0 bridgehead atoms. The van der Waals surface area contributed by atoms with Crippen LogP contribution in [-0.4, -0.2) is 18.2 Å². The maximum atomic E-state index is 11.6. The molecular weight excluding hydrogens is 226 g/mol. The van der Waals surface area contributed by atoms with Crippen LogP contribution in [0.3, 0.4) is 0 Å². The molecule has 4 heteroatoms. The van der Waals surface area contributed by atoms with Gasteiger partial charge in [0, 0.05) is 17.1 Å². The zero-order valence-electron chi connectivity index (χ0n) is 9.29. The molecule has 3 nitrogen and oxygen atoms in total. The molecule has 0 aromatic heterocycles. The lowest BCUT2D eigenvalue weighted by atomic mass is 10.1. The van der Waals surface area contributed by atoms with Gasteiger partial charge in [0.25, 0.3) is 5.91 Å². The molecule has 0 atom stereocenters. The lowest BCUT2D eigenvalue weighted by Gasteiger charge is -2.06. The van der Waals surface area contributed by atoms with Gasteiger partial charge in [0.2, 0.25) is 5.78 Å². The van der Waals surface area contributed by atoms with Gasteiger partial charge in [-0.25, -0.2) is 0 Å². The maximum Gasteiger partial charge on any atom is 0.292 e. The van der Waals surface area contributed by atoms with E-state index in [1.807, 2.05) is 13.8 Å². The van der Waals surface area contributed by atoms with Crippen molar-refractivity contribution in [1.29, 1.82) is 0 Å². The van der Waals surface area contributed by atoms with E-state index < -0.39 is 11.7 Å². The van der Waals surface area contributed by atoms with Crippen LogP contribution in [0.4, 0.5) is 0 Å². The second-order valence-corrected chi connectivity index (χ2v) is 4.38. The van der Waals surface area contributed by atoms with Gasteiger partial charge in [-0.05, 0) is 30.2 Å². The third-order valence-electron chi connectivity index (χ3n) is 1.98. The molecule has 16 heavy (non-hydrogen) atoms. The predicted molar refractivity (Wildman–Crippen MR) is 63.6 cm³/mol. The van der Waals surface area contributed by atoms with Gasteiger partial charge in [0.1, 0.15) is 0 Å². The average molecular weight is 240 g/mol. The van der Waals surface area contributed by atoms with E-state index in [4.69, 9.17) is 11.6 Å². The van der Waals surface area contributed by atoms with Gasteiger partial charge in [-0.3, -0.25) is 9.59 Å². The highest BCUT2D eigenvalue weighted by Crippen LogP contribution is 2.09. The van der Waals surface area contributed by atoms with E-state index in [1.54, 1.807) is 24.3 Å². The molecule has 1 rings (SSSR count). The Morgan fingerprint density at radius 2 is 1.81 bits per heavy atom. The number of carbonyl (C=O) groups is 2. The first-order valence-electron chi connectivity index (χ1n) is 5.09. The molecule has 0 spiro atoms. The van der Waals surface area contributed by atoms with Gasteiger partial charge in [-0.2, -0.15) is 0 Å². The van der Waals surface area contributed by atoms with Crippen molar-refractivity contribution < 1.29 is 9.59 Å². The van der Waals surface area contributed by atoms with E-state index in [-0.39, 0.29) is 0 Å². The smallest absolute Gasteiger partial charge is 0.292 e. The molecule has 0 aliphatic carbocycles. The van der Waals surface area contributed by atoms with Crippen LogP contribution >= 0.6 is 11.6 Å². The summed E-state index contributed by atoms with van der Waals surface area (Å²) < 4.78 is 0. The van der Waals surface area contributed by atoms with Crippen LogP contribution in [0.2, 0.25) is 5.02 Å². The molecule has 0 radical (unpaired) electrons. The number of amides is 1. The third kappa shape index (κ3) is 3.66. The fourth-order valence-electron chi connectivity index (χ4n) is 1.11. The summed E-state index contributed by atoms with van der Waals surface area (Å²) in [5.41, 5.74) is 0.352. The summed E-state index contributed by atoms with van der Waals surface area (Å²) in [7, 11) is 0. The Morgan fingerprint density at radius 1 is 1.25 bits per heavy atom. The minimum atomic E-state index is -0.573. The fourth-order valence-corrected chi connectivity index (χ4v) is 1.24. The van der Waals surface area contributed by atoms with E-state index >= 15 is 0 Å². The van der Waals surface area contributed by atoms with Crippen molar-refractivity contribution in [3.8, 4) is 0 Å². The number of ketones is 1. The van der Waals surface area contributed by atoms with Crippen LogP contribution in [0, 0.1) is 5.92 Å². The summed E-state index contributed by atoms with van der Waals surface area (Å²) in [6.07, 6.45) is 0. The molecule has 0 aliphatic heterocycles. The largest absolute Gasteiger partial charge is 0.349 e. The van der Waals surface area contributed by atoms with Crippen LogP contribution < -0.4 is 5.32 Å². The van der Waals surface area contributed by atoms with Crippen molar-refractivity contribution in [3.63, 3.8) is 0 Å². The molecule has 1 amide bonds. The normalized spacial score (nSPS) is 10.2. The van der Waals surface area contributed by atoms with Crippen molar-refractivity contribution in [2.45, 2.75) is 13.8 Å². The predicted octanol–water partition coefficient (Wildman–Crippen LogP) is 2.29. The minimum Gasteiger partial charge on any atom is -0.349 e. The summed E-state index contributed by atoms with van der Waals surface area (Å²) in [4.78, 5) is 23.1. The van der Waals surface area contributed by atoms with Gasteiger partial charge in [-0.15, -0.1) is 0 Å². The number of carbonyl (C=O) groups excluding carboxylic acids is 2. The number of Topliss-reactive ketones (excluding diaryl/α,β-unsaturated/α-hetero) is 1. The number of hydrogen-bond acceptors (Lipinski definition) is 2. The Labute approximate surface area is 99.8 Å². The molecule has 0 heterocycles. The van der Waals surface area contributed by atoms with Gasteiger partial charge in [0.15, 0.2) is 0 Å². The van der Waals surface area contributed by atoms with Gasteiger partial charge in [0.05, 0.1) is 0 Å². The van der Waals surface area contributed by atoms with E-state index in [0.29, 0.717) is 23.0 Å². The Morgan fingerprint density at radius 3 is 2.31 bits per heavy atom. The molecular formula is C12H14ClNO2. The van der Waals surface area contributed by atoms with Gasteiger partial charge in [-0.1, -0.05) is 25.4 Å². The van der Waals surface area contributed by atoms with E-state index in [2.05, 4.69) is 5.32 Å². The molecule has 1 N–H and O–H groups in total. The van der Waals surface area contributed by atoms with Crippen molar-refractivity contribution in [2.24, 2.45) is 5.92 Å². The Kier molecular flexibility index (Phi) is 4.50. The van der Waals surface area contributed by atoms with Crippen molar-refractivity contribution in [1.82, 2.24) is 5.32 Å². The zero-order valence-corrected chi connectivity index (χ0v) is 10.0. The molecule has 0 fully saturated rings. The van der Waals surface area contributed by atoms with Crippen molar-refractivity contribution in [2.75, 3.05) is 6.54 Å². The maximum absolute atomic E-state index is 11.6. The van der Waals surface area contributed by atoms with Crippen molar-refractivity contribution in [3.05, 3.63) is 34.9 Å². The molecule has 0 aliphatic rings. The summed E-state index contributed by atoms with van der Waals surface area (Å²) in [5, 5.41) is 3.11. The first-order chi connectivity index (χ1) is 7.50. The number of halogens is 1. The first-order valence-corrected chi connectivity index (χ1v) is 5.46. The Hall–Kier alpha value is -1.35. The average Bonchev–Trinajstić information content (AvgIpc) is 2.26. The number of rotatable bonds is 4. The third-order valence-corrected chi connectivity index (χ3v) is 2.24. The number of benzene rings is 1. The highest BCUT2D eigenvalue weighted by Gasteiger charge is 2.15. The molecule has 86 valence electrons. The quantitative estimate of drug-likeness (QED) is 0.647. The Bertz CT molecular complexity index is 385. The van der Waals surface area contributed by atoms with Gasteiger partial charge < -0.3 is 5.32 Å². The molecule has 1 aromatic rings. The lowest BCUT2D eigenvalue weighted by molar-refractivity contribution is -0.117. The molecule has 1 aromatic carbocycles. The van der Waals surface area contributed by atoms with Crippen LogP contribution in [0.1, 0.15) is 24.2 Å².